The maximum atomic E-state index is 14.0. The lowest BCUT2D eigenvalue weighted by Gasteiger charge is -2.27. The number of nitrogens with one attached hydrogen (secondary N) is 1. The predicted molar refractivity (Wildman–Crippen MR) is 83.4 cm³/mol. The Morgan fingerprint density at radius 3 is 2.27 bits per heavy atom. The minimum atomic E-state index is -4.72. The number of hydrogen-bond donors (Lipinski definition) is 1. The van der Waals surface area contributed by atoms with Crippen LogP contribution >= 0.6 is 0 Å². The Morgan fingerprint density at radius 2 is 1.69 bits per heavy atom. The van der Waals surface area contributed by atoms with E-state index in [1.165, 1.54) is 18.5 Å². The van der Waals surface area contributed by atoms with Crippen molar-refractivity contribution in [1.29, 1.82) is 0 Å². The van der Waals surface area contributed by atoms with E-state index < -0.39 is 17.6 Å². The second-order valence-corrected chi connectivity index (χ2v) is 5.95. The fourth-order valence-corrected chi connectivity index (χ4v) is 2.28. The molecule has 1 N–H and O–H groups in total. The van der Waals surface area contributed by atoms with Gasteiger partial charge in [-0.25, -0.2) is 14.4 Å². The molecule has 0 radical (unpaired) electrons. The van der Waals surface area contributed by atoms with Crippen molar-refractivity contribution >= 4 is 5.95 Å². The van der Waals surface area contributed by atoms with Crippen molar-refractivity contribution in [3.8, 4) is 11.4 Å². The van der Waals surface area contributed by atoms with E-state index in [1.54, 1.807) is 32.0 Å². The molecular weight excluding hydrogens is 354 g/mol. The molecule has 0 fully saturated rings. The molecule has 1 aromatic carbocycles. The van der Waals surface area contributed by atoms with Gasteiger partial charge < -0.3 is 9.84 Å². The lowest BCUT2D eigenvalue weighted by atomic mass is 9.94. The topological polar surface area (TPSA) is 76.7 Å². The van der Waals surface area contributed by atoms with Crippen LogP contribution in [0.2, 0.25) is 0 Å². The molecular formula is C16H13F4N5O. The van der Waals surface area contributed by atoms with E-state index in [2.05, 4.69) is 29.9 Å². The molecule has 6 nitrogen and oxygen atoms in total. The fraction of sp³-hybridized carbons (Fsp3) is 0.250. The smallest absolute Gasteiger partial charge is 0.345 e. The molecule has 0 spiro atoms. The molecule has 2 aromatic heterocycles. The van der Waals surface area contributed by atoms with Crippen molar-refractivity contribution in [2.24, 2.45) is 0 Å². The Balaban J connectivity index is 1.80. The van der Waals surface area contributed by atoms with Gasteiger partial charge in [-0.1, -0.05) is 23.4 Å². The van der Waals surface area contributed by atoms with Crippen molar-refractivity contribution < 1.29 is 22.1 Å². The number of benzene rings is 1. The first-order chi connectivity index (χ1) is 12.2. The third-order valence-corrected chi connectivity index (χ3v) is 3.55. The molecule has 136 valence electrons. The van der Waals surface area contributed by atoms with E-state index in [9.17, 15) is 17.6 Å². The highest BCUT2D eigenvalue weighted by molar-refractivity contribution is 5.52. The van der Waals surface area contributed by atoms with E-state index in [-0.39, 0.29) is 23.2 Å². The average molecular weight is 367 g/mol. The molecule has 0 bridgehead atoms. The van der Waals surface area contributed by atoms with Crippen LogP contribution in [0.5, 0.6) is 0 Å². The number of rotatable bonds is 4. The van der Waals surface area contributed by atoms with E-state index in [0.29, 0.717) is 5.56 Å². The van der Waals surface area contributed by atoms with Gasteiger partial charge >= 0.3 is 12.1 Å². The number of alkyl halides is 3. The zero-order valence-electron chi connectivity index (χ0n) is 13.7. The van der Waals surface area contributed by atoms with Gasteiger partial charge in [0.2, 0.25) is 11.8 Å². The summed E-state index contributed by atoms with van der Waals surface area (Å²) in [7, 11) is 0. The van der Waals surface area contributed by atoms with Crippen LogP contribution in [0.1, 0.15) is 25.3 Å². The first-order valence-electron chi connectivity index (χ1n) is 7.43. The molecule has 2 heterocycles. The monoisotopic (exact) mass is 367 g/mol. The summed E-state index contributed by atoms with van der Waals surface area (Å²) >= 11 is 0. The normalized spacial score (nSPS) is 12.2. The van der Waals surface area contributed by atoms with Gasteiger partial charge in [-0.3, -0.25) is 0 Å². The Bertz CT molecular complexity index is 906. The highest BCUT2D eigenvalue weighted by Gasteiger charge is 2.38. The van der Waals surface area contributed by atoms with E-state index in [0.717, 1.165) is 0 Å². The van der Waals surface area contributed by atoms with Gasteiger partial charge in [-0.05, 0) is 19.9 Å². The average Bonchev–Trinajstić information content (AvgIpc) is 3.06. The van der Waals surface area contributed by atoms with Crippen LogP contribution in [0.3, 0.4) is 0 Å². The van der Waals surface area contributed by atoms with Crippen molar-refractivity contribution in [2.45, 2.75) is 25.6 Å². The molecule has 0 aliphatic heterocycles. The highest BCUT2D eigenvalue weighted by atomic mass is 19.4. The third kappa shape index (κ3) is 3.63. The summed E-state index contributed by atoms with van der Waals surface area (Å²) in [6.45, 7) is 3.49. The number of hydrogen-bond acceptors (Lipinski definition) is 6. The maximum absolute atomic E-state index is 14.0. The standard InChI is InChI=1S/C16H13F4N5O/c1-15(2,10-5-3-4-6-11(10)17)24-14-21-7-9(8-22-14)12-23-13(26-25-12)16(18,19)20/h3-8H,1-2H3,(H,21,22,24). The summed E-state index contributed by atoms with van der Waals surface area (Å²) in [5.74, 6) is -1.94. The van der Waals surface area contributed by atoms with Crippen molar-refractivity contribution in [3.63, 3.8) is 0 Å². The van der Waals surface area contributed by atoms with Crippen LogP contribution in [0.4, 0.5) is 23.5 Å². The maximum Gasteiger partial charge on any atom is 0.471 e. The van der Waals surface area contributed by atoms with Crippen LogP contribution in [-0.4, -0.2) is 20.1 Å². The first-order valence-corrected chi connectivity index (χ1v) is 7.43. The molecule has 0 saturated carbocycles. The third-order valence-electron chi connectivity index (χ3n) is 3.55. The van der Waals surface area contributed by atoms with Crippen LogP contribution in [0.15, 0.2) is 41.2 Å². The summed E-state index contributed by atoms with van der Waals surface area (Å²) in [5, 5.41) is 6.24. The van der Waals surface area contributed by atoms with Gasteiger partial charge in [0.05, 0.1) is 11.1 Å². The number of anilines is 1. The lowest BCUT2D eigenvalue weighted by Crippen LogP contribution is -2.30. The molecule has 0 atom stereocenters. The van der Waals surface area contributed by atoms with E-state index in [1.807, 2.05) is 0 Å². The Labute approximate surface area is 145 Å². The number of nitrogens with zero attached hydrogens (tertiary/aromatic N) is 4. The summed E-state index contributed by atoms with van der Waals surface area (Å²) in [4.78, 5) is 11.3. The second kappa shape index (κ2) is 6.36. The molecule has 3 aromatic rings. The van der Waals surface area contributed by atoms with Crippen molar-refractivity contribution in [2.75, 3.05) is 5.32 Å². The number of halogens is 4. The molecule has 0 unspecified atom stereocenters. The summed E-state index contributed by atoms with van der Waals surface area (Å²) in [6, 6.07) is 6.27. The second-order valence-electron chi connectivity index (χ2n) is 5.95. The number of aromatic nitrogens is 4. The van der Waals surface area contributed by atoms with Gasteiger partial charge in [0.15, 0.2) is 0 Å². The lowest BCUT2D eigenvalue weighted by molar-refractivity contribution is -0.159. The summed E-state index contributed by atoms with van der Waals surface area (Å²) in [5.41, 5.74) is -0.248. The predicted octanol–water partition coefficient (Wildman–Crippen LogP) is 4.03. The molecule has 0 aliphatic carbocycles. The van der Waals surface area contributed by atoms with E-state index >= 15 is 0 Å². The van der Waals surface area contributed by atoms with Gasteiger partial charge in [-0.15, -0.1) is 0 Å². The Hall–Kier alpha value is -3.04. The first kappa shape index (κ1) is 17.8. The van der Waals surface area contributed by atoms with Crippen LogP contribution < -0.4 is 5.32 Å². The summed E-state index contributed by atoms with van der Waals surface area (Å²) in [6.07, 6.45) is -2.23. The van der Waals surface area contributed by atoms with Crippen LogP contribution in [-0.2, 0) is 11.7 Å². The molecule has 0 amide bonds. The van der Waals surface area contributed by atoms with Gasteiger partial charge in [-0.2, -0.15) is 18.2 Å². The van der Waals surface area contributed by atoms with Crippen LogP contribution in [0, 0.1) is 5.82 Å². The van der Waals surface area contributed by atoms with Gasteiger partial charge in [0.25, 0.3) is 0 Å². The van der Waals surface area contributed by atoms with Crippen LogP contribution in [0.25, 0.3) is 11.4 Å². The largest absolute Gasteiger partial charge is 0.471 e. The minimum Gasteiger partial charge on any atom is -0.345 e. The van der Waals surface area contributed by atoms with Gasteiger partial charge in [0.1, 0.15) is 5.82 Å². The van der Waals surface area contributed by atoms with Crippen molar-refractivity contribution in [1.82, 2.24) is 20.1 Å². The Morgan fingerprint density at radius 1 is 1.04 bits per heavy atom. The molecule has 26 heavy (non-hydrogen) atoms. The van der Waals surface area contributed by atoms with E-state index in [4.69, 9.17) is 0 Å². The molecule has 10 heteroatoms. The molecule has 0 aliphatic rings. The van der Waals surface area contributed by atoms with Crippen molar-refractivity contribution in [3.05, 3.63) is 53.9 Å². The minimum absolute atomic E-state index is 0.151. The fourth-order valence-electron chi connectivity index (χ4n) is 2.28. The molecule has 3 rings (SSSR count). The summed E-state index contributed by atoms with van der Waals surface area (Å²) < 4.78 is 55.6. The quantitative estimate of drug-likeness (QED) is 0.702. The highest BCUT2D eigenvalue weighted by Crippen LogP contribution is 2.30. The SMILES string of the molecule is CC(C)(Nc1ncc(-c2noc(C(F)(F)F)n2)cn1)c1ccccc1F. The van der Waals surface area contributed by atoms with Gasteiger partial charge in [0, 0.05) is 18.0 Å². The Kier molecular flexibility index (Phi) is 4.34. The molecule has 0 saturated heterocycles. The zero-order valence-corrected chi connectivity index (χ0v) is 13.7. The zero-order chi connectivity index (χ0) is 18.9.